The summed E-state index contributed by atoms with van der Waals surface area (Å²) in [4.78, 5) is 2.38. The lowest BCUT2D eigenvalue weighted by Crippen LogP contribution is -2.48. The topological polar surface area (TPSA) is 12.5 Å². The molecule has 1 aromatic carbocycles. The van der Waals surface area contributed by atoms with Gasteiger partial charge in [0.05, 0.1) is 12.7 Å². The SMILES string of the molecule is CC1COC(CBr)CN1Cc1cc(Cl)ccc1Cl. The van der Waals surface area contributed by atoms with Crippen LogP contribution in [0, 0.1) is 0 Å². The van der Waals surface area contributed by atoms with Crippen LogP contribution in [0.25, 0.3) is 0 Å². The highest BCUT2D eigenvalue weighted by atomic mass is 79.9. The average Bonchev–Trinajstić information content (AvgIpc) is 2.36. The van der Waals surface area contributed by atoms with Crippen LogP contribution in [-0.2, 0) is 11.3 Å². The molecule has 2 atom stereocenters. The summed E-state index contributed by atoms with van der Waals surface area (Å²) in [5.41, 5.74) is 1.08. The Balaban J connectivity index is 2.09. The van der Waals surface area contributed by atoms with E-state index in [1.165, 1.54) is 0 Å². The minimum Gasteiger partial charge on any atom is -0.374 e. The van der Waals surface area contributed by atoms with Crippen LogP contribution in [0.4, 0.5) is 0 Å². The van der Waals surface area contributed by atoms with E-state index >= 15 is 0 Å². The van der Waals surface area contributed by atoms with Crippen molar-refractivity contribution in [3.05, 3.63) is 33.8 Å². The monoisotopic (exact) mass is 351 g/mol. The fourth-order valence-corrected chi connectivity index (χ4v) is 2.84. The molecule has 0 aliphatic carbocycles. The van der Waals surface area contributed by atoms with Gasteiger partial charge >= 0.3 is 0 Å². The van der Waals surface area contributed by atoms with E-state index in [0.29, 0.717) is 6.04 Å². The summed E-state index contributed by atoms with van der Waals surface area (Å²) in [5.74, 6) is 0. The Morgan fingerprint density at radius 1 is 1.44 bits per heavy atom. The van der Waals surface area contributed by atoms with Crippen LogP contribution in [0.2, 0.25) is 10.0 Å². The maximum Gasteiger partial charge on any atom is 0.0799 e. The molecule has 2 nitrogen and oxygen atoms in total. The highest BCUT2D eigenvalue weighted by Crippen LogP contribution is 2.24. The van der Waals surface area contributed by atoms with E-state index in [-0.39, 0.29) is 6.10 Å². The van der Waals surface area contributed by atoms with Crippen molar-refractivity contribution in [2.24, 2.45) is 0 Å². The van der Waals surface area contributed by atoms with Gasteiger partial charge in [0, 0.05) is 34.5 Å². The van der Waals surface area contributed by atoms with E-state index < -0.39 is 0 Å². The fourth-order valence-electron chi connectivity index (χ4n) is 2.07. The highest BCUT2D eigenvalue weighted by molar-refractivity contribution is 9.09. The molecule has 1 saturated heterocycles. The molecule has 0 saturated carbocycles. The molecule has 0 N–H and O–H groups in total. The molecular weight excluding hydrogens is 337 g/mol. The number of hydrogen-bond acceptors (Lipinski definition) is 2. The summed E-state index contributed by atoms with van der Waals surface area (Å²) < 4.78 is 5.71. The van der Waals surface area contributed by atoms with Crippen LogP contribution in [0.3, 0.4) is 0 Å². The minimum absolute atomic E-state index is 0.249. The van der Waals surface area contributed by atoms with Gasteiger partial charge in [-0.1, -0.05) is 39.1 Å². The number of halogens is 3. The maximum absolute atomic E-state index is 6.21. The Morgan fingerprint density at radius 3 is 2.94 bits per heavy atom. The number of rotatable bonds is 3. The first kappa shape index (κ1) is 14.6. The van der Waals surface area contributed by atoms with Crippen molar-refractivity contribution in [2.45, 2.75) is 25.6 Å². The van der Waals surface area contributed by atoms with Crippen LogP contribution < -0.4 is 0 Å². The quantitative estimate of drug-likeness (QED) is 0.763. The Labute approximate surface area is 126 Å². The molecule has 100 valence electrons. The van der Waals surface area contributed by atoms with Gasteiger partial charge in [0.15, 0.2) is 0 Å². The first-order chi connectivity index (χ1) is 8.60. The summed E-state index contributed by atoms with van der Waals surface area (Å²) in [6.07, 6.45) is 0.249. The van der Waals surface area contributed by atoms with Crippen molar-refractivity contribution in [2.75, 3.05) is 18.5 Å². The van der Waals surface area contributed by atoms with E-state index in [4.69, 9.17) is 27.9 Å². The number of ether oxygens (including phenoxy) is 1. The van der Waals surface area contributed by atoms with Crippen molar-refractivity contribution >= 4 is 39.1 Å². The average molecular weight is 353 g/mol. The van der Waals surface area contributed by atoms with Gasteiger partial charge in [-0.15, -0.1) is 0 Å². The molecule has 1 aliphatic heterocycles. The number of alkyl halides is 1. The Kier molecular flexibility index (Phi) is 5.34. The molecule has 0 bridgehead atoms. The standard InChI is InChI=1S/C13H16BrCl2NO/c1-9-8-18-12(5-14)7-17(9)6-10-4-11(15)2-3-13(10)16/h2-4,9,12H,5-8H2,1H3. The minimum atomic E-state index is 0.249. The molecule has 2 rings (SSSR count). The molecule has 0 aromatic heterocycles. The molecule has 1 aromatic rings. The van der Waals surface area contributed by atoms with Crippen molar-refractivity contribution < 1.29 is 4.74 Å². The molecule has 5 heteroatoms. The van der Waals surface area contributed by atoms with Crippen molar-refractivity contribution in [3.63, 3.8) is 0 Å². The second kappa shape index (κ2) is 6.58. The Hall–Kier alpha value is 0.200. The Morgan fingerprint density at radius 2 is 2.22 bits per heavy atom. The Bertz CT molecular complexity index is 416. The zero-order valence-corrected chi connectivity index (χ0v) is 13.3. The first-order valence-corrected chi connectivity index (χ1v) is 7.83. The van der Waals surface area contributed by atoms with E-state index in [9.17, 15) is 0 Å². The number of benzene rings is 1. The molecule has 1 fully saturated rings. The first-order valence-electron chi connectivity index (χ1n) is 5.95. The lowest BCUT2D eigenvalue weighted by atomic mass is 10.1. The molecular formula is C13H16BrCl2NO. The zero-order valence-electron chi connectivity index (χ0n) is 10.2. The summed E-state index contributed by atoms with van der Waals surface area (Å²) in [6, 6.07) is 6.01. The predicted molar refractivity (Wildman–Crippen MR) is 79.9 cm³/mol. The largest absolute Gasteiger partial charge is 0.374 e. The third-order valence-electron chi connectivity index (χ3n) is 3.19. The number of morpholine rings is 1. The lowest BCUT2D eigenvalue weighted by molar-refractivity contribution is -0.0499. The summed E-state index contributed by atoms with van der Waals surface area (Å²) in [5, 5.41) is 2.36. The van der Waals surface area contributed by atoms with Gasteiger partial charge in [0.25, 0.3) is 0 Å². The van der Waals surface area contributed by atoms with Gasteiger partial charge in [0.1, 0.15) is 0 Å². The highest BCUT2D eigenvalue weighted by Gasteiger charge is 2.25. The van der Waals surface area contributed by atoms with Gasteiger partial charge < -0.3 is 4.74 Å². The number of hydrogen-bond donors (Lipinski definition) is 0. The van der Waals surface area contributed by atoms with Crippen molar-refractivity contribution in [1.82, 2.24) is 4.90 Å². The van der Waals surface area contributed by atoms with Gasteiger partial charge in [-0.3, -0.25) is 4.90 Å². The summed E-state index contributed by atoms with van der Waals surface area (Å²) >= 11 is 15.7. The molecule has 0 amide bonds. The van der Waals surface area contributed by atoms with E-state index in [1.54, 1.807) is 0 Å². The lowest BCUT2D eigenvalue weighted by Gasteiger charge is -2.37. The van der Waals surface area contributed by atoms with Crippen LogP contribution >= 0.6 is 39.1 Å². The molecule has 18 heavy (non-hydrogen) atoms. The van der Waals surface area contributed by atoms with E-state index in [0.717, 1.165) is 40.6 Å². The van der Waals surface area contributed by atoms with Gasteiger partial charge in [-0.25, -0.2) is 0 Å². The van der Waals surface area contributed by atoms with Crippen molar-refractivity contribution in [3.8, 4) is 0 Å². The van der Waals surface area contributed by atoms with Crippen LogP contribution in [0.15, 0.2) is 18.2 Å². The second-order valence-electron chi connectivity index (χ2n) is 4.62. The smallest absolute Gasteiger partial charge is 0.0799 e. The number of nitrogens with zero attached hydrogens (tertiary/aromatic N) is 1. The fraction of sp³-hybridized carbons (Fsp3) is 0.538. The molecule has 1 aliphatic rings. The van der Waals surface area contributed by atoms with E-state index in [2.05, 4.69) is 27.8 Å². The van der Waals surface area contributed by atoms with Gasteiger partial charge in [0.2, 0.25) is 0 Å². The third-order valence-corrected chi connectivity index (χ3v) is 4.51. The molecule has 2 unspecified atom stereocenters. The molecule has 1 heterocycles. The molecule has 0 spiro atoms. The van der Waals surface area contributed by atoms with Gasteiger partial charge in [-0.2, -0.15) is 0 Å². The second-order valence-corrected chi connectivity index (χ2v) is 6.11. The third kappa shape index (κ3) is 3.61. The predicted octanol–water partition coefficient (Wildman–Crippen LogP) is 3.98. The maximum atomic E-state index is 6.21. The van der Waals surface area contributed by atoms with Crippen LogP contribution in [-0.4, -0.2) is 35.5 Å². The zero-order chi connectivity index (χ0) is 13.1. The van der Waals surface area contributed by atoms with Crippen LogP contribution in [0.5, 0.6) is 0 Å². The van der Waals surface area contributed by atoms with Crippen molar-refractivity contribution in [1.29, 1.82) is 0 Å². The summed E-state index contributed by atoms with van der Waals surface area (Å²) in [7, 11) is 0. The molecule has 0 radical (unpaired) electrons. The normalized spacial score (nSPS) is 25.3. The van der Waals surface area contributed by atoms with Crippen LogP contribution in [0.1, 0.15) is 12.5 Å². The summed E-state index contributed by atoms with van der Waals surface area (Å²) in [6.45, 7) is 4.65. The van der Waals surface area contributed by atoms with E-state index in [1.807, 2.05) is 18.2 Å². The van der Waals surface area contributed by atoms with Gasteiger partial charge in [-0.05, 0) is 30.7 Å².